The van der Waals surface area contributed by atoms with Gasteiger partial charge in [-0.25, -0.2) is 4.79 Å². The lowest BCUT2D eigenvalue weighted by molar-refractivity contribution is -0.156. The molecule has 0 spiro atoms. The molecular formula is C8H16O4. The largest absolute Gasteiger partial charge is 0.461 e. The highest BCUT2D eigenvalue weighted by molar-refractivity contribution is 5.74. The highest BCUT2D eigenvalue weighted by Crippen LogP contribution is 1.93. The highest BCUT2D eigenvalue weighted by Gasteiger charge is 2.13. The third kappa shape index (κ3) is 5.09. The number of ether oxygens (including phenoxy) is 3. The van der Waals surface area contributed by atoms with Gasteiger partial charge in [0.05, 0.1) is 6.61 Å². The van der Waals surface area contributed by atoms with Gasteiger partial charge in [0.25, 0.3) is 0 Å². The number of hydrogen-bond acceptors (Lipinski definition) is 4. The Labute approximate surface area is 72.8 Å². The Bertz CT molecular complexity index is 124. The van der Waals surface area contributed by atoms with Crippen LogP contribution in [0, 0.1) is 0 Å². The van der Waals surface area contributed by atoms with Crippen LogP contribution < -0.4 is 0 Å². The predicted octanol–water partition coefficient (Wildman–Crippen LogP) is 0.601. The van der Waals surface area contributed by atoms with Crippen LogP contribution in [0.3, 0.4) is 0 Å². The molecule has 0 aliphatic carbocycles. The van der Waals surface area contributed by atoms with Crippen molar-refractivity contribution in [2.75, 3.05) is 26.9 Å². The van der Waals surface area contributed by atoms with Gasteiger partial charge in [0.15, 0.2) is 6.10 Å². The van der Waals surface area contributed by atoms with Crippen LogP contribution in [0.15, 0.2) is 0 Å². The van der Waals surface area contributed by atoms with Crippen molar-refractivity contribution < 1.29 is 19.0 Å². The maximum absolute atomic E-state index is 11.0. The Morgan fingerprint density at radius 3 is 2.58 bits per heavy atom. The van der Waals surface area contributed by atoms with Crippen LogP contribution in [0.2, 0.25) is 0 Å². The predicted molar refractivity (Wildman–Crippen MR) is 43.9 cm³/mol. The summed E-state index contributed by atoms with van der Waals surface area (Å²) in [6, 6.07) is 0. The van der Waals surface area contributed by atoms with Gasteiger partial charge in [0.2, 0.25) is 0 Å². The Balaban J connectivity index is 3.43. The zero-order chi connectivity index (χ0) is 9.40. The first-order valence-corrected chi connectivity index (χ1v) is 3.99. The van der Waals surface area contributed by atoms with Crippen molar-refractivity contribution in [3.63, 3.8) is 0 Å². The molecule has 0 aromatic rings. The number of carbonyl (C=O) groups excluding carboxylic acids is 1. The molecule has 0 saturated carbocycles. The van der Waals surface area contributed by atoms with E-state index in [9.17, 15) is 4.79 Å². The molecule has 0 fully saturated rings. The molecule has 0 saturated heterocycles. The molecule has 4 heteroatoms. The zero-order valence-electron chi connectivity index (χ0n) is 7.83. The van der Waals surface area contributed by atoms with Crippen molar-refractivity contribution >= 4 is 5.97 Å². The molecule has 1 atom stereocenters. The molecule has 0 aromatic heterocycles. The molecule has 0 aromatic carbocycles. The molecule has 1 unspecified atom stereocenters. The molecule has 0 aliphatic heterocycles. The number of carbonyl (C=O) groups is 1. The van der Waals surface area contributed by atoms with Gasteiger partial charge in [0, 0.05) is 13.7 Å². The van der Waals surface area contributed by atoms with Crippen molar-refractivity contribution in [3.8, 4) is 0 Å². The Morgan fingerprint density at radius 2 is 2.08 bits per heavy atom. The van der Waals surface area contributed by atoms with Gasteiger partial charge >= 0.3 is 5.97 Å². The third-order valence-electron chi connectivity index (χ3n) is 1.28. The SMILES string of the molecule is CCOC(C)C(=O)OCCOC. The first kappa shape index (κ1) is 11.4. The van der Waals surface area contributed by atoms with Crippen molar-refractivity contribution in [3.05, 3.63) is 0 Å². The van der Waals surface area contributed by atoms with Crippen LogP contribution in [0.1, 0.15) is 13.8 Å². The summed E-state index contributed by atoms with van der Waals surface area (Å²) >= 11 is 0. The molecule has 72 valence electrons. The summed E-state index contributed by atoms with van der Waals surface area (Å²) in [5, 5.41) is 0. The van der Waals surface area contributed by atoms with Crippen LogP contribution in [0.5, 0.6) is 0 Å². The van der Waals surface area contributed by atoms with Gasteiger partial charge in [-0.1, -0.05) is 0 Å². The summed E-state index contributed by atoms with van der Waals surface area (Å²) in [4.78, 5) is 11.0. The van der Waals surface area contributed by atoms with Gasteiger partial charge in [-0.3, -0.25) is 0 Å². The van der Waals surface area contributed by atoms with Crippen LogP contribution in [0.4, 0.5) is 0 Å². The van der Waals surface area contributed by atoms with E-state index in [1.54, 1.807) is 14.0 Å². The van der Waals surface area contributed by atoms with Crippen LogP contribution in [0.25, 0.3) is 0 Å². The van der Waals surface area contributed by atoms with Crippen molar-refractivity contribution in [2.24, 2.45) is 0 Å². The van der Waals surface area contributed by atoms with E-state index in [-0.39, 0.29) is 12.6 Å². The minimum Gasteiger partial charge on any atom is -0.461 e. The quantitative estimate of drug-likeness (QED) is 0.439. The van der Waals surface area contributed by atoms with Gasteiger partial charge in [-0.2, -0.15) is 0 Å². The van der Waals surface area contributed by atoms with Crippen LogP contribution in [-0.4, -0.2) is 39.0 Å². The van der Waals surface area contributed by atoms with E-state index < -0.39 is 6.10 Å². The van der Waals surface area contributed by atoms with E-state index in [1.807, 2.05) is 6.92 Å². The number of hydrogen-bond donors (Lipinski definition) is 0. The molecular weight excluding hydrogens is 160 g/mol. The van der Waals surface area contributed by atoms with Gasteiger partial charge in [0.1, 0.15) is 6.61 Å². The van der Waals surface area contributed by atoms with E-state index in [4.69, 9.17) is 14.2 Å². The first-order valence-electron chi connectivity index (χ1n) is 3.99. The van der Waals surface area contributed by atoms with Gasteiger partial charge in [-0.15, -0.1) is 0 Å². The van der Waals surface area contributed by atoms with E-state index in [2.05, 4.69) is 0 Å². The number of esters is 1. The molecule has 4 nitrogen and oxygen atoms in total. The fraction of sp³-hybridized carbons (Fsp3) is 0.875. The maximum Gasteiger partial charge on any atom is 0.335 e. The summed E-state index contributed by atoms with van der Waals surface area (Å²) < 4.78 is 14.5. The Kier molecular flexibility index (Phi) is 6.70. The third-order valence-corrected chi connectivity index (χ3v) is 1.28. The Hall–Kier alpha value is -0.610. The lowest BCUT2D eigenvalue weighted by Crippen LogP contribution is -2.24. The van der Waals surface area contributed by atoms with Crippen molar-refractivity contribution in [1.29, 1.82) is 0 Å². The topological polar surface area (TPSA) is 44.8 Å². The average Bonchev–Trinajstić information content (AvgIpc) is 2.05. The standard InChI is InChI=1S/C8H16O4/c1-4-11-7(2)8(9)12-6-5-10-3/h7H,4-6H2,1-3H3. The zero-order valence-corrected chi connectivity index (χ0v) is 7.83. The van der Waals surface area contributed by atoms with E-state index in [1.165, 1.54) is 0 Å². The average molecular weight is 176 g/mol. The van der Waals surface area contributed by atoms with E-state index >= 15 is 0 Å². The van der Waals surface area contributed by atoms with Crippen LogP contribution >= 0.6 is 0 Å². The monoisotopic (exact) mass is 176 g/mol. The van der Waals surface area contributed by atoms with Crippen LogP contribution in [-0.2, 0) is 19.0 Å². The second-order valence-electron chi connectivity index (χ2n) is 2.26. The fourth-order valence-corrected chi connectivity index (χ4v) is 0.661. The van der Waals surface area contributed by atoms with Gasteiger partial charge in [-0.05, 0) is 13.8 Å². The summed E-state index contributed by atoms with van der Waals surface area (Å²) in [6.07, 6.45) is -0.480. The second kappa shape index (κ2) is 7.06. The molecule has 0 radical (unpaired) electrons. The molecule has 0 heterocycles. The second-order valence-corrected chi connectivity index (χ2v) is 2.26. The minimum atomic E-state index is -0.480. The fourth-order valence-electron chi connectivity index (χ4n) is 0.661. The molecule has 12 heavy (non-hydrogen) atoms. The summed E-state index contributed by atoms with van der Waals surface area (Å²) in [5.41, 5.74) is 0. The molecule has 0 bridgehead atoms. The summed E-state index contributed by atoms with van der Waals surface area (Å²) in [6.45, 7) is 4.72. The molecule has 0 aliphatic rings. The maximum atomic E-state index is 11.0. The number of methoxy groups -OCH3 is 1. The molecule has 0 amide bonds. The minimum absolute atomic E-state index is 0.284. The highest BCUT2D eigenvalue weighted by atomic mass is 16.6. The van der Waals surface area contributed by atoms with E-state index in [0.29, 0.717) is 13.2 Å². The number of rotatable bonds is 6. The van der Waals surface area contributed by atoms with E-state index in [0.717, 1.165) is 0 Å². The molecule has 0 N–H and O–H groups in total. The molecule has 0 rings (SSSR count). The van der Waals surface area contributed by atoms with Crippen molar-refractivity contribution in [2.45, 2.75) is 20.0 Å². The smallest absolute Gasteiger partial charge is 0.335 e. The lowest BCUT2D eigenvalue weighted by atomic mass is 10.4. The first-order chi connectivity index (χ1) is 5.72. The van der Waals surface area contributed by atoms with Gasteiger partial charge < -0.3 is 14.2 Å². The summed E-state index contributed by atoms with van der Waals surface area (Å²) in [7, 11) is 1.56. The normalized spacial score (nSPS) is 12.6. The van der Waals surface area contributed by atoms with Crippen molar-refractivity contribution in [1.82, 2.24) is 0 Å². The lowest BCUT2D eigenvalue weighted by Gasteiger charge is -2.10. The Morgan fingerprint density at radius 1 is 1.42 bits per heavy atom. The summed E-state index contributed by atoms with van der Waals surface area (Å²) in [5.74, 6) is -0.339.